The lowest BCUT2D eigenvalue weighted by Gasteiger charge is -2.33. The summed E-state index contributed by atoms with van der Waals surface area (Å²) in [6.45, 7) is 10.9. The minimum absolute atomic E-state index is 0.112. The molecule has 150 valence electrons. The van der Waals surface area contributed by atoms with Crippen LogP contribution in [0.15, 0.2) is 48.5 Å². The van der Waals surface area contributed by atoms with Gasteiger partial charge >= 0.3 is 0 Å². The van der Waals surface area contributed by atoms with Crippen molar-refractivity contribution in [3.8, 4) is 0 Å². The Kier molecular flexibility index (Phi) is 7.10. The molecule has 3 rings (SSSR count). The highest BCUT2D eigenvalue weighted by Gasteiger charge is 2.19. The van der Waals surface area contributed by atoms with Crippen LogP contribution >= 0.6 is 0 Å². The summed E-state index contributed by atoms with van der Waals surface area (Å²) in [7, 11) is 0. The SMILES string of the molecule is CCN(CC)C(=O)c1ccc(NC2CCN(Cc3ccc(C)cc3)CC2)cc1. The number of nitrogens with zero attached hydrogens (tertiary/aromatic N) is 2. The number of nitrogens with one attached hydrogen (secondary N) is 1. The molecule has 0 aromatic heterocycles. The van der Waals surface area contributed by atoms with Gasteiger partial charge in [-0.05, 0) is 63.4 Å². The Morgan fingerprint density at radius 3 is 2.18 bits per heavy atom. The second-order valence-corrected chi connectivity index (χ2v) is 7.74. The highest BCUT2D eigenvalue weighted by atomic mass is 16.2. The van der Waals surface area contributed by atoms with Gasteiger partial charge in [0.15, 0.2) is 0 Å². The lowest BCUT2D eigenvalue weighted by atomic mass is 10.0. The van der Waals surface area contributed by atoms with E-state index < -0.39 is 0 Å². The third-order valence-electron chi connectivity index (χ3n) is 5.67. The van der Waals surface area contributed by atoms with Gasteiger partial charge in [0.05, 0.1) is 0 Å². The number of carbonyl (C=O) groups is 1. The molecule has 2 aromatic carbocycles. The molecule has 0 unspecified atom stereocenters. The normalized spacial score (nSPS) is 15.4. The molecule has 0 atom stereocenters. The molecule has 0 spiro atoms. The van der Waals surface area contributed by atoms with Gasteiger partial charge in [0.2, 0.25) is 0 Å². The first-order valence-electron chi connectivity index (χ1n) is 10.5. The van der Waals surface area contributed by atoms with Gasteiger partial charge in [0.25, 0.3) is 5.91 Å². The van der Waals surface area contributed by atoms with Crippen LogP contribution in [0.5, 0.6) is 0 Å². The van der Waals surface area contributed by atoms with Crippen LogP contribution in [-0.4, -0.2) is 47.9 Å². The smallest absolute Gasteiger partial charge is 0.253 e. The van der Waals surface area contributed by atoms with Gasteiger partial charge in [-0.2, -0.15) is 0 Å². The Hall–Kier alpha value is -2.33. The van der Waals surface area contributed by atoms with Crippen LogP contribution in [-0.2, 0) is 6.54 Å². The Balaban J connectivity index is 1.48. The number of hydrogen-bond donors (Lipinski definition) is 1. The molecule has 2 aromatic rings. The zero-order chi connectivity index (χ0) is 19.9. The third kappa shape index (κ3) is 5.35. The number of piperidine rings is 1. The summed E-state index contributed by atoms with van der Waals surface area (Å²) >= 11 is 0. The molecule has 0 bridgehead atoms. The zero-order valence-electron chi connectivity index (χ0n) is 17.4. The molecule has 4 nitrogen and oxygen atoms in total. The number of likely N-dealkylation sites (tertiary alicyclic amines) is 1. The van der Waals surface area contributed by atoms with E-state index in [-0.39, 0.29) is 5.91 Å². The van der Waals surface area contributed by atoms with E-state index in [1.807, 2.05) is 43.0 Å². The summed E-state index contributed by atoms with van der Waals surface area (Å²) in [5, 5.41) is 3.64. The maximum Gasteiger partial charge on any atom is 0.253 e. The molecule has 1 amide bonds. The van der Waals surface area contributed by atoms with Crippen LogP contribution in [0.3, 0.4) is 0 Å². The molecule has 1 fully saturated rings. The molecular formula is C24H33N3O. The van der Waals surface area contributed by atoms with Crippen LogP contribution in [0.25, 0.3) is 0 Å². The van der Waals surface area contributed by atoms with Crippen molar-refractivity contribution in [1.82, 2.24) is 9.80 Å². The van der Waals surface area contributed by atoms with Gasteiger partial charge in [0.1, 0.15) is 0 Å². The number of amides is 1. The predicted molar refractivity (Wildman–Crippen MR) is 117 cm³/mol. The number of rotatable bonds is 7. The van der Waals surface area contributed by atoms with Crippen molar-refractivity contribution in [2.75, 3.05) is 31.5 Å². The van der Waals surface area contributed by atoms with Gasteiger partial charge in [-0.1, -0.05) is 29.8 Å². The molecule has 1 aliphatic rings. The van der Waals surface area contributed by atoms with Crippen molar-refractivity contribution in [1.29, 1.82) is 0 Å². The lowest BCUT2D eigenvalue weighted by molar-refractivity contribution is 0.0773. The van der Waals surface area contributed by atoms with Crippen LogP contribution in [0.4, 0.5) is 5.69 Å². The molecule has 1 saturated heterocycles. The van der Waals surface area contributed by atoms with Crippen molar-refractivity contribution in [2.24, 2.45) is 0 Å². The van der Waals surface area contributed by atoms with Crippen LogP contribution in [0.2, 0.25) is 0 Å². The summed E-state index contributed by atoms with van der Waals surface area (Å²) in [5.74, 6) is 0.112. The fourth-order valence-electron chi connectivity index (χ4n) is 3.83. The first kappa shape index (κ1) is 20.4. The van der Waals surface area contributed by atoms with Crippen molar-refractivity contribution >= 4 is 11.6 Å². The number of hydrogen-bond acceptors (Lipinski definition) is 3. The fourth-order valence-corrected chi connectivity index (χ4v) is 3.83. The van der Waals surface area contributed by atoms with Crippen LogP contribution in [0.1, 0.15) is 48.2 Å². The average Bonchev–Trinajstić information content (AvgIpc) is 2.72. The van der Waals surface area contributed by atoms with Gasteiger partial charge in [-0.25, -0.2) is 0 Å². The van der Waals surface area contributed by atoms with Gasteiger partial charge in [-0.15, -0.1) is 0 Å². The van der Waals surface area contributed by atoms with Crippen molar-refractivity contribution in [3.05, 3.63) is 65.2 Å². The number of benzene rings is 2. The van der Waals surface area contributed by atoms with E-state index in [1.54, 1.807) is 0 Å². The summed E-state index contributed by atoms with van der Waals surface area (Å²) < 4.78 is 0. The van der Waals surface area contributed by atoms with E-state index >= 15 is 0 Å². The summed E-state index contributed by atoms with van der Waals surface area (Å²) in [6.07, 6.45) is 2.29. The van der Waals surface area contributed by atoms with Gasteiger partial charge < -0.3 is 10.2 Å². The molecule has 1 aliphatic heterocycles. The Bertz CT molecular complexity index is 742. The first-order valence-corrected chi connectivity index (χ1v) is 10.5. The maximum absolute atomic E-state index is 12.4. The van der Waals surface area contributed by atoms with E-state index in [9.17, 15) is 4.79 Å². The van der Waals surface area contributed by atoms with Crippen LogP contribution < -0.4 is 5.32 Å². The second kappa shape index (κ2) is 9.74. The molecule has 1 heterocycles. The highest BCUT2D eigenvalue weighted by molar-refractivity contribution is 5.94. The minimum Gasteiger partial charge on any atom is -0.382 e. The Labute approximate surface area is 169 Å². The summed E-state index contributed by atoms with van der Waals surface area (Å²) in [5.41, 5.74) is 4.58. The average molecular weight is 380 g/mol. The maximum atomic E-state index is 12.4. The Morgan fingerprint density at radius 1 is 1.00 bits per heavy atom. The summed E-state index contributed by atoms with van der Waals surface area (Å²) in [6, 6.07) is 17.3. The Morgan fingerprint density at radius 2 is 1.61 bits per heavy atom. The topological polar surface area (TPSA) is 35.6 Å². The molecular weight excluding hydrogens is 346 g/mol. The van der Waals surface area contributed by atoms with E-state index in [1.165, 1.54) is 11.1 Å². The van der Waals surface area contributed by atoms with Crippen molar-refractivity contribution in [3.63, 3.8) is 0 Å². The largest absolute Gasteiger partial charge is 0.382 e. The molecule has 0 aliphatic carbocycles. The third-order valence-corrected chi connectivity index (χ3v) is 5.67. The standard InChI is InChI=1S/C24H33N3O/c1-4-27(5-2)24(28)21-10-12-22(13-11-21)25-23-14-16-26(17-15-23)18-20-8-6-19(3)7-9-20/h6-13,23,25H,4-5,14-18H2,1-3H3. The molecule has 0 saturated carbocycles. The van der Waals surface area contributed by atoms with E-state index in [2.05, 4.69) is 41.4 Å². The van der Waals surface area contributed by atoms with Gasteiger partial charge in [0, 0.05) is 50.0 Å². The molecule has 4 heteroatoms. The van der Waals surface area contributed by atoms with E-state index in [4.69, 9.17) is 0 Å². The second-order valence-electron chi connectivity index (χ2n) is 7.74. The highest BCUT2D eigenvalue weighted by Crippen LogP contribution is 2.19. The molecule has 28 heavy (non-hydrogen) atoms. The quantitative estimate of drug-likeness (QED) is 0.766. The first-order chi connectivity index (χ1) is 13.6. The van der Waals surface area contributed by atoms with Gasteiger partial charge in [-0.3, -0.25) is 9.69 Å². The fraction of sp³-hybridized carbons (Fsp3) is 0.458. The van der Waals surface area contributed by atoms with Crippen LogP contribution in [0, 0.1) is 6.92 Å². The van der Waals surface area contributed by atoms with Crippen molar-refractivity contribution < 1.29 is 4.79 Å². The predicted octanol–water partition coefficient (Wildman–Crippen LogP) is 4.55. The monoisotopic (exact) mass is 379 g/mol. The van der Waals surface area contributed by atoms with E-state index in [0.717, 1.165) is 56.8 Å². The molecule has 1 N–H and O–H groups in total. The van der Waals surface area contributed by atoms with Crippen molar-refractivity contribution in [2.45, 2.75) is 46.2 Å². The lowest BCUT2D eigenvalue weighted by Crippen LogP contribution is -2.38. The summed E-state index contributed by atoms with van der Waals surface area (Å²) in [4.78, 5) is 16.8. The number of aryl methyl sites for hydroxylation is 1. The molecule has 0 radical (unpaired) electrons. The van der Waals surface area contributed by atoms with E-state index in [0.29, 0.717) is 6.04 Å². The number of anilines is 1. The number of carbonyl (C=O) groups excluding carboxylic acids is 1. The minimum atomic E-state index is 0.112. The zero-order valence-corrected chi connectivity index (χ0v) is 17.4.